The quantitative estimate of drug-likeness (QED) is 0.276. The Bertz CT molecular complexity index is 165. The third kappa shape index (κ3) is 258. The third-order valence-corrected chi connectivity index (χ3v) is 0. The number of rotatable bonds is 0. The van der Waals surface area contributed by atoms with Crippen molar-refractivity contribution in [2.24, 2.45) is 11.5 Å². The normalized spacial score (nSPS) is 5.65. The Balaban J connectivity index is -0.0000000369. The van der Waals surface area contributed by atoms with Crippen LogP contribution in [0.4, 0.5) is 4.79 Å². The van der Waals surface area contributed by atoms with Crippen molar-refractivity contribution in [1.82, 2.24) is 0 Å². The molecule has 0 aromatic rings. The zero-order valence-corrected chi connectivity index (χ0v) is 8.81. The molecule has 16 heteroatoms. The summed E-state index contributed by atoms with van der Waals surface area (Å²) >= 11 is 0. The van der Waals surface area contributed by atoms with Crippen molar-refractivity contribution >= 4 is 23.4 Å². The first-order valence-corrected chi connectivity index (χ1v) is 2.42. The van der Waals surface area contributed by atoms with Gasteiger partial charge in [0.05, 0.1) is 15.3 Å². The van der Waals surface area contributed by atoms with E-state index >= 15 is 0 Å². The van der Waals surface area contributed by atoms with Crippen LogP contribution in [0.15, 0.2) is 0 Å². The van der Waals surface area contributed by atoms with E-state index in [1.165, 1.54) is 0 Å². The summed E-state index contributed by atoms with van der Waals surface area (Å²) in [5.74, 6) is 0. The molecule has 4 N–H and O–H groups in total. The summed E-state index contributed by atoms with van der Waals surface area (Å²) in [7, 11) is 0. The molecule has 0 spiro atoms. The first-order valence-electron chi connectivity index (χ1n) is 2.42. The molecule has 0 radical (unpaired) electrons. The van der Waals surface area contributed by atoms with E-state index in [1.54, 1.807) is 0 Å². The SMILES string of the molecule is NC(N)=O.O=[N+]([O-])[O-].O=[N+]([O-])[O-].O=[N+]([O-])[O-].[Al+3]. The van der Waals surface area contributed by atoms with Gasteiger partial charge in [0.25, 0.3) is 0 Å². The molecule has 15 nitrogen and oxygen atoms in total. The first kappa shape index (κ1) is 29.3. The number of hydrogen-bond acceptors (Lipinski definition) is 10. The maximum atomic E-state index is 9.00. The molecule has 0 saturated heterocycles. The fourth-order valence-corrected chi connectivity index (χ4v) is 0. The molecule has 0 fully saturated rings. The number of nitrogens with zero attached hydrogens (tertiary/aromatic N) is 3. The number of carbonyl (C=O) groups excluding carboxylic acids is 1. The minimum Gasteiger partial charge on any atom is -0.356 e. The minimum atomic E-state index is -1.75. The Labute approximate surface area is 102 Å². The van der Waals surface area contributed by atoms with Crippen LogP contribution in [-0.2, 0) is 0 Å². The van der Waals surface area contributed by atoms with E-state index in [9.17, 15) is 0 Å². The molecule has 0 bridgehead atoms. The van der Waals surface area contributed by atoms with Crippen LogP contribution < -0.4 is 11.5 Å². The van der Waals surface area contributed by atoms with Crippen LogP contribution in [0.25, 0.3) is 0 Å². The molecule has 17 heavy (non-hydrogen) atoms. The molecule has 0 aliphatic heterocycles. The monoisotopic (exact) mass is 273 g/mol. The van der Waals surface area contributed by atoms with Crippen molar-refractivity contribution in [3.63, 3.8) is 0 Å². The number of hydrogen-bond donors (Lipinski definition) is 2. The summed E-state index contributed by atoms with van der Waals surface area (Å²) in [6.07, 6.45) is 0. The Kier molecular flexibility index (Phi) is 40.1. The summed E-state index contributed by atoms with van der Waals surface area (Å²) in [6.45, 7) is 0. The topological polar surface area (TPSA) is 268 Å². The Morgan fingerprint density at radius 1 is 0.706 bits per heavy atom. The van der Waals surface area contributed by atoms with Crippen molar-refractivity contribution in [3.05, 3.63) is 46.0 Å². The zero-order valence-electron chi connectivity index (χ0n) is 7.66. The maximum Gasteiger partial charge on any atom is 3.00 e. The van der Waals surface area contributed by atoms with Crippen LogP contribution >= 0.6 is 0 Å². The van der Waals surface area contributed by atoms with E-state index in [4.69, 9.17) is 50.8 Å². The van der Waals surface area contributed by atoms with Crippen molar-refractivity contribution in [3.8, 4) is 0 Å². The molecular weight excluding hydrogens is 269 g/mol. The summed E-state index contributed by atoms with van der Waals surface area (Å²) in [5, 5.41) is 44.2. The number of amides is 2. The van der Waals surface area contributed by atoms with E-state index < -0.39 is 21.3 Å². The zero-order chi connectivity index (χ0) is 14.3. The summed E-state index contributed by atoms with van der Waals surface area (Å²) in [6, 6.07) is -0.833. The second-order valence-electron chi connectivity index (χ2n) is 1.07. The van der Waals surface area contributed by atoms with Gasteiger partial charge in [0.1, 0.15) is 0 Å². The molecule has 0 unspecified atom stereocenters. The second-order valence-corrected chi connectivity index (χ2v) is 1.07. The summed E-state index contributed by atoms with van der Waals surface area (Å²) in [4.78, 5) is 33.8. The number of nitrogens with two attached hydrogens (primary N) is 2. The molecule has 0 aromatic heterocycles. The van der Waals surface area contributed by atoms with Crippen molar-refractivity contribution in [2.75, 3.05) is 0 Å². The Morgan fingerprint density at radius 3 is 0.706 bits per heavy atom. The molecule has 0 aliphatic carbocycles. The first-order chi connectivity index (χ1) is 6.93. The largest absolute Gasteiger partial charge is 3.00 e. The standard InChI is InChI=1S/CH4N2O.Al.3NO3/c2-1(3)4;;3*2-1(3)4/h(H4,2,3,4);;;;/q;+3;3*-1. The predicted molar refractivity (Wildman–Crippen MR) is 50.6 cm³/mol. The van der Waals surface area contributed by atoms with Crippen LogP contribution in [0, 0.1) is 46.0 Å². The molecule has 96 valence electrons. The van der Waals surface area contributed by atoms with Gasteiger partial charge in [-0.15, -0.1) is 0 Å². The smallest absolute Gasteiger partial charge is 0.356 e. The maximum absolute atomic E-state index is 9.00. The Morgan fingerprint density at radius 2 is 0.706 bits per heavy atom. The van der Waals surface area contributed by atoms with Crippen LogP contribution in [-0.4, -0.2) is 38.7 Å². The molecule has 0 aromatic carbocycles. The van der Waals surface area contributed by atoms with Gasteiger partial charge >= 0.3 is 23.4 Å². The second kappa shape index (κ2) is 23.3. The van der Waals surface area contributed by atoms with E-state index in [0.29, 0.717) is 0 Å². The minimum absolute atomic E-state index is 0. The van der Waals surface area contributed by atoms with Gasteiger partial charge in [-0.3, -0.25) is 0 Å². The van der Waals surface area contributed by atoms with Crippen molar-refractivity contribution in [1.29, 1.82) is 0 Å². The van der Waals surface area contributed by atoms with Gasteiger partial charge in [-0.25, -0.2) is 4.79 Å². The van der Waals surface area contributed by atoms with Crippen LogP contribution in [0.3, 0.4) is 0 Å². The molecule has 0 rings (SSSR count). The fourth-order valence-electron chi connectivity index (χ4n) is 0. The number of primary amides is 2. The van der Waals surface area contributed by atoms with Gasteiger partial charge in [0.15, 0.2) is 0 Å². The molecular formula is CH4AlN5O10. The van der Waals surface area contributed by atoms with Gasteiger partial charge in [0, 0.05) is 0 Å². The molecule has 0 heterocycles. The van der Waals surface area contributed by atoms with Crippen molar-refractivity contribution in [2.45, 2.75) is 0 Å². The van der Waals surface area contributed by atoms with Gasteiger partial charge in [-0.1, -0.05) is 0 Å². The van der Waals surface area contributed by atoms with Crippen LogP contribution in [0.5, 0.6) is 0 Å². The van der Waals surface area contributed by atoms with Gasteiger partial charge in [-0.05, 0) is 0 Å². The summed E-state index contributed by atoms with van der Waals surface area (Å²) < 4.78 is 0. The average molecular weight is 273 g/mol. The molecule has 0 atom stereocenters. The van der Waals surface area contributed by atoms with Gasteiger partial charge in [0.2, 0.25) is 0 Å². The molecule has 0 saturated carbocycles. The van der Waals surface area contributed by atoms with Crippen molar-refractivity contribution < 1.29 is 20.1 Å². The van der Waals surface area contributed by atoms with Crippen LogP contribution in [0.2, 0.25) is 0 Å². The average Bonchev–Trinajstić information content (AvgIpc) is 1.76. The van der Waals surface area contributed by atoms with Gasteiger partial charge < -0.3 is 57.4 Å². The van der Waals surface area contributed by atoms with Crippen LogP contribution in [0.1, 0.15) is 0 Å². The number of urea groups is 1. The molecule has 0 aliphatic rings. The third-order valence-electron chi connectivity index (χ3n) is 0. The van der Waals surface area contributed by atoms with E-state index in [1.807, 2.05) is 0 Å². The van der Waals surface area contributed by atoms with E-state index in [2.05, 4.69) is 11.5 Å². The Hall–Kier alpha value is -2.60. The van der Waals surface area contributed by atoms with E-state index in [-0.39, 0.29) is 17.4 Å². The summed E-state index contributed by atoms with van der Waals surface area (Å²) in [5.41, 5.74) is 8.50. The fraction of sp³-hybridized carbons (Fsp3) is 0. The predicted octanol–water partition coefficient (Wildman–Crippen LogP) is -2.07. The number of carbonyl (C=O) groups is 1. The van der Waals surface area contributed by atoms with E-state index in [0.717, 1.165) is 0 Å². The van der Waals surface area contributed by atoms with Gasteiger partial charge in [-0.2, -0.15) is 0 Å². The molecule has 2 amide bonds.